The highest BCUT2D eigenvalue weighted by molar-refractivity contribution is 5.85. The monoisotopic (exact) mass is 254 g/mol. The van der Waals surface area contributed by atoms with Crippen LogP contribution in [0.1, 0.15) is 59.8 Å². The minimum atomic E-state index is -0.439. The third-order valence-corrected chi connectivity index (χ3v) is 4.42. The summed E-state index contributed by atoms with van der Waals surface area (Å²) in [6.45, 7) is 9.10. The van der Waals surface area contributed by atoms with E-state index in [1.54, 1.807) is 0 Å². The molecule has 0 bridgehead atoms. The number of carbonyl (C=O) groups excluding carboxylic acids is 1. The Labute approximate surface area is 112 Å². The Morgan fingerprint density at radius 1 is 1.22 bits per heavy atom. The molecule has 0 aromatic heterocycles. The zero-order valence-corrected chi connectivity index (χ0v) is 12.8. The van der Waals surface area contributed by atoms with Crippen molar-refractivity contribution >= 4 is 5.91 Å². The molecule has 0 spiro atoms. The highest BCUT2D eigenvalue weighted by Gasteiger charge is 2.33. The summed E-state index contributed by atoms with van der Waals surface area (Å²) in [6, 6.07) is 0.443. The second kappa shape index (κ2) is 6.55. The second-order valence-corrected chi connectivity index (χ2v) is 6.15. The molecule has 1 saturated carbocycles. The largest absolute Gasteiger partial charge is 0.341 e. The number of likely N-dealkylation sites (N-methyl/N-ethyl adjacent to an activating group) is 2. The average Bonchev–Trinajstić information content (AvgIpc) is 2.37. The van der Waals surface area contributed by atoms with E-state index in [0.29, 0.717) is 6.04 Å². The molecule has 106 valence electrons. The Balaban J connectivity index is 2.54. The van der Waals surface area contributed by atoms with Crippen LogP contribution in [0.2, 0.25) is 0 Å². The van der Waals surface area contributed by atoms with Gasteiger partial charge in [0.15, 0.2) is 0 Å². The Morgan fingerprint density at radius 2 is 1.78 bits per heavy atom. The molecule has 1 aliphatic carbocycles. The van der Waals surface area contributed by atoms with E-state index in [0.717, 1.165) is 12.5 Å². The summed E-state index contributed by atoms with van der Waals surface area (Å²) < 4.78 is 0. The van der Waals surface area contributed by atoms with Gasteiger partial charge in [0.25, 0.3) is 0 Å². The summed E-state index contributed by atoms with van der Waals surface area (Å²) in [7, 11) is 1.97. The Morgan fingerprint density at radius 3 is 2.22 bits per heavy atom. The van der Waals surface area contributed by atoms with Crippen molar-refractivity contribution in [3.63, 3.8) is 0 Å². The summed E-state index contributed by atoms with van der Waals surface area (Å²) in [6.07, 6.45) is 6.18. The van der Waals surface area contributed by atoms with Crippen molar-refractivity contribution in [1.29, 1.82) is 0 Å². The fourth-order valence-electron chi connectivity index (χ4n) is 3.06. The molecule has 0 aromatic carbocycles. The first-order valence-corrected chi connectivity index (χ1v) is 7.44. The number of nitrogens with one attached hydrogen (secondary N) is 1. The van der Waals surface area contributed by atoms with Gasteiger partial charge in [0.2, 0.25) is 5.91 Å². The van der Waals surface area contributed by atoms with E-state index in [2.05, 4.69) is 12.2 Å². The summed E-state index contributed by atoms with van der Waals surface area (Å²) in [5, 5.41) is 3.27. The SMILES string of the molecule is CCNC(C)(C)C(=O)N(C)C1CCC(CC)CC1. The van der Waals surface area contributed by atoms with E-state index in [4.69, 9.17) is 0 Å². The molecule has 1 fully saturated rings. The molecule has 3 nitrogen and oxygen atoms in total. The lowest BCUT2D eigenvalue weighted by Crippen LogP contribution is -2.55. The number of hydrogen-bond donors (Lipinski definition) is 1. The third kappa shape index (κ3) is 3.71. The van der Waals surface area contributed by atoms with Gasteiger partial charge < -0.3 is 10.2 Å². The van der Waals surface area contributed by atoms with Gasteiger partial charge in [-0.2, -0.15) is 0 Å². The summed E-state index contributed by atoms with van der Waals surface area (Å²) >= 11 is 0. The van der Waals surface area contributed by atoms with Crippen molar-refractivity contribution in [1.82, 2.24) is 10.2 Å². The van der Waals surface area contributed by atoms with E-state index < -0.39 is 5.54 Å². The molecular weight excluding hydrogens is 224 g/mol. The summed E-state index contributed by atoms with van der Waals surface area (Å²) in [4.78, 5) is 14.4. The molecule has 18 heavy (non-hydrogen) atoms. The number of carbonyl (C=O) groups is 1. The van der Waals surface area contributed by atoms with Crippen LogP contribution in [-0.2, 0) is 4.79 Å². The molecule has 0 radical (unpaired) electrons. The lowest BCUT2D eigenvalue weighted by Gasteiger charge is -2.38. The minimum Gasteiger partial charge on any atom is -0.341 e. The smallest absolute Gasteiger partial charge is 0.242 e. The summed E-state index contributed by atoms with van der Waals surface area (Å²) in [5.74, 6) is 1.11. The van der Waals surface area contributed by atoms with Gasteiger partial charge in [0, 0.05) is 13.1 Å². The van der Waals surface area contributed by atoms with E-state index in [1.165, 1.54) is 32.1 Å². The molecule has 0 aromatic rings. The van der Waals surface area contributed by atoms with E-state index >= 15 is 0 Å². The Kier molecular flexibility index (Phi) is 5.64. The minimum absolute atomic E-state index is 0.226. The van der Waals surface area contributed by atoms with Crippen LogP contribution < -0.4 is 5.32 Å². The molecule has 1 aliphatic rings. The third-order valence-electron chi connectivity index (χ3n) is 4.42. The molecule has 0 heterocycles. The maximum absolute atomic E-state index is 12.5. The van der Waals surface area contributed by atoms with Crippen LogP contribution in [0.5, 0.6) is 0 Å². The average molecular weight is 254 g/mol. The molecule has 1 amide bonds. The van der Waals surface area contributed by atoms with Gasteiger partial charge in [-0.25, -0.2) is 0 Å². The van der Waals surface area contributed by atoms with Crippen LogP contribution in [0.4, 0.5) is 0 Å². The Hall–Kier alpha value is -0.570. The number of amides is 1. The number of nitrogens with zero attached hydrogens (tertiary/aromatic N) is 1. The van der Waals surface area contributed by atoms with Gasteiger partial charge >= 0.3 is 0 Å². The molecule has 0 saturated heterocycles. The van der Waals surface area contributed by atoms with Crippen LogP contribution in [0.15, 0.2) is 0 Å². The fraction of sp³-hybridized carbons (Fsp3) is 0.933. The first-order chi connectivity index (χ1) is 8.42. The van der Waals surface area contributed by atoms with Crippen molar-refractivity contribution in [3.05, 3.63) is 0 Å². The molecule has 3 heteroatoms. The van der Waals surface area contributed by atoms with E-state index in [-0.39, 0.29) is 5.91 Å². The molecule has 0 aliphatic heterocycles. The van der Waals surface area contributed by atoms with Crippen molar-refractivity contribution in [2.45, 2.75) is 71.4 Å². The lowest BCUT2D eigenvalue weighted by atomic mass is 9.83. The normalized spacial score (nSPS) is 24.9. The predicted octanol–water partition coefficient (Wildman–Crippen LogP) is 2.80. The number of hydrogen-bond acceptors (Lipinski definition) is 2. The van der Waals surface area contributed by atoms with Gasteiger partial charge in [-0.1, -0.05) is 20.3 Å². The molecule has 1 rings (SSSR count). The first-order valence-electron chi connectivity index (χ1n) is 7.44. The van der Waals surface area contributed by atoms with Crippen LogP contribution in [-0.4, -0.2) is 36.0 Å². The van der Waals surface area contributed by atoms with Crippen molar-refractivity contribution in [2.24, 2.45) is 5.92 Å². The van der Waals surface area contributed by atoms with Crippen molar-refractivity contribution < 1.29 is 4.79 Å². The lowest BCUT2D eigenvalue weighted by molar-refractivity contribution is -0.138. The van der Waals surface area contributed by atoms with E-state index in [1.807, 2.05) is 32.7 Å². The van der Waals surface area contributed by atoms with Gasteiger partial charge in [-0.3, -0.25) is 4.79 Å². The Bertz CT molecular complexity index is 268. The van der Waals surface area contributed by atoms with Gasteiger partial charge in [0.05, 0.1) is 5.54 Å². The fourth-order valence-corrected chi connectivity index (χ4v) is 3.06. The van der Waals surface area contributed by atoms with Crippen LogP contribution in [0, 0.1) is 5.92 Å². The maximum atomic E-state index is 12.5. The molecule has 0 unspecified atom stereocenters. The van der Waals surface area contributed by atoms with Crippen molar-refractivity contribution in [3.8, 4) is 0 Å². The van der Waals surface area contributed by atoms with Gasteiger partial charge in [0.1, 0.15) is 0 Å². The zero-order valence-electron chi connectivity index (χ0n) is 12.8. The first kappa shape index (κ1) is 15.5. The summed E-state index contributed by atoms with van der Waals surface area (Å²) in [5.41, 5.74) is -0.439. The molecular formula is C15H30N2O. The van der Waals surface area contributed by atoms with Gasteiger partial charge in [-0.05, 0) is 52.0 Å². The zero-order chi connectivity index (χ0) is 13.8. The topological polar surface area (TPSA) is 32.3 Å². The van der Waals surface area contributed by atoms with Crippen LogP contribution in [0.3, 0.4) is 0 Å². The quantitative estimate of drug-likeness (QED) is 0.818. The highest BCUT2D eigenvalue weighted by atomic mass is 16.2. The maximum Gasteiger partial charge on any atom is 0.242 e. The van der Waals surface area contributed by atoms with Crippen molar-refractivity contribution in [2.75, 3.05) is 13.6 Å². The molecule has 0 atom stereocenters. The van der Waals surface area contributed by atoms with Gasteiger partial charge in [-0.15, -0.1) is 0 Å². The number of rotatable bonds is 5. The second-order valence-electron chi connectivity index (χ2n) is 6.15. The van der Waals surface area contributed by atoms with Crippen LogP contribution >= 0.6 is 0 Å². The molecule has 1 N–H and O–H groups in total. The predicted molar refractivity (Wildman–Crippen MR) is 76.6 cm³/mol. The highest BCUT2D eigenvalue weighted by Crippen LogP contribution is 2.29. The van der Waals surface area contributed by atoms with Crippen LogP contribution in [0.25, 0.3) is 0 Å². The van der Waals surface area contributed by atoms with E-state index in [9.17, 15) is 4.79 Å². The standard InChI is InChI=1S/C15H30N2O/c1-6-12-8-10-13(11-9-12)17(5)14(18)15(3,4)16-7-2/h12-13,16H,6-11H2,1-5H3.